The van der Waals surface area contributed by atoms with Crippen molar-refractivity contribution in [2.45, 2.75) is 13.1 Å². The molecule has 0 unspecified atom stereocenters. The van der Waals surface area contributed by atoms with Crippen molar-refractivity contribution in [3.63, 3.8) is 0 Å². The molecular formula is C21H17ClF3N3O2. The number of hydrazone groups is 1. The van der Waals surface area contributed by atoms with Crippen molar-refractivity contribution in [3.05, 3.63) is 76.5 Å². The molecule has 0 radical (unpaired) electrons. The molecule has 0 aliphatic heterocycles. The zero-order chi connectivity index (χ0) is 21.7. The van der Waals surface area contributed by atoms with E-state index >= 15 is 0 Å². The van der Waals surface area contributed by atoms with Crippen molar-refractivity contribution in [3.8, 4) is 11.3 Å². The van der Waals surface area contributed by atoms with E-state index in [0.717, 1.165) is 23.3 Å². The second-order valence-electron chi connectivity index (χ2n) is 6.39. The monoisotopic (exact) mass is 435 g/mol. The fraction of sp³-hybridized carbons (Fsp3) is 0.143. The zero-order valence-corrected chi connectivity index (χ0v) is 16.5. The Kier molecular flexibility index (Phi) is 6.47. The van der Waals surface area contributed by atoms with Crippen molar-refractivity contribution in [2.24, 2.45) is 5.10 Å². The Morgan fingerprint density at radius 1 is 1.17 bits per heavy atom. The smallest absolute Gasteiger partial charge is 0.416 e. The molecule has 1 aromatic heterocycles. The summed E-state index contributed by atoms with van der Waals surface area (Å²) in [4.78, 5) is 11.8. The van der Waals surface area contributed by atoms with Gasteiger partial charge in [0.15, 0.2) is 0 Å². The molecule has 0 spiro atoms. The maximum absolute atomic E-state index is 12.7. The Bertz CT molecular complexity index is 1080. The van der Waals surface area contributed by atoms with E-state index in [0.29, 0.717) is 16.5 Å². The van der Waals surface area contributed by atoms with Gasteiger partial charge in [0.05, 0.1) is 18.3 Å². The first-order chi connectivity index (χ1) is 14.2. The topological polar surface area (TPSA) is 66.6 Å². The second kappa shape index (κ2) is 9.04. The third-order valence-electron chi connectivity index (χ3n) is 4.11. The van der Waals surface area contributed by atoms with E-state index in [1.54, 1.807) is 18.2 Å². The number of anilines is 1. The van der Waals surface area contributed by atoms with E-state index in [1.165, 1.54) is 18.3 Å². The number of carbonyl (C=O) groups excluding carboxylic acids is 1. The standard InChI is InChI=1S/C21H17ClF3N3O2/c1-13-5-6-14(9-18(13)22)19-8-7-17(30-19)11-27-28-20(29)12-26-16-4-2-3-15(10-16)21(23,24)25/h2-11,26H,12H2,1H3,(H,28,29)/b27-11-. The first kappa shape index (κ1) is 21.4. The predicted molar refractivity (Wildman–Crippen MR) is 110 cm³/mol. The highest BCUT2D eigenvalue weighted by Crippen LogP contribution is 2.30. The van der Waals surface area contributed by atoms with Crippen LogP contribution in [0.15, 0.2) is 64.1 Å². The normalized spacial score (nSPS) is 11.6. The summed E-state index contributed by atoms with van der Waals surface area (Å²) in [6, 6.07) is 13.6. The third kappa shape index (κ3) is 5.64. The van der Waals surface area contributed by atoms with Crippen LogP contribution < -0.4 is 10.7 Å². The fourth-order valence-corrected chi connectivity index (χ4v) is 2.70. The molecule has 0 saturated heterocycles. The second-order valence-corrected chi connectivity index (χ2v) is 6.80. The lowest BCUT2D eigenvalue weighted by Crippen LogP contribution is -2.26. The molecule has 2 N–H and O–H groups in total. The van der Waals surface area contributed by atoms with Gasteiger partial charge in [-0.25, -0.2) is 5.43 Å². The SMILES string of the molecule is Cc1ccc(-c2ccc(/C=N\NC(=O)CNc3cccc(C(F)(F)F)c3)o2)cc1Cl. The highest BCUT2D eigenvalue weighted by molar-refractivity contribution is 6.31. The van der Waals surface area contributed by atoms with Crippen LogP contribution in [0.25, 0.3) is 11.3 Å². The van der Waals surface area contributed by atoms with Gasteiger partial charge in [-0.1, -0.05) is 29.8 Å². The first-order valence-electron chi connectivity index (χ1n) is 8.82. The van der Waals surface area contributed by atoms with Crippen molar-refractivity contribution in [2.75, 3.05) is 11.9 Å². The van der Waals surface area contributed by atoms with Crippen LogP contribution in [0.3, 0.4) is 0 Å². The summed E-state index contributed by atoms with van der Waals surface area (Å²) in [5, 5.41) is 7.03. The molecule has 0 aliphatic rings. The van der Waals surface area contributed by atoms with Gasteiger partial charge in [-0.05, 0) is 48.9 Å². The number of halogens is 4. The van der Waals surface area contributed by atoms with E-state index in [9.17, 15) is 18.0 Å². The molecule has 30 heavy (non-hydrogen) atoms. The van der Waals surface area contributed by atoms with E-state index in [4.69, 9.17) is 16.0 Å². The number of alkyl halides is 3. The largest absolute Gasteiger partial charge is 0.455 e. The highest BCUT2D eigenvalue weighted by Gasteiger charge is 2.30. The number of rotatable bonds is 6. The van der Waals surface area contributed by atoms with Gasteiger partial charge in [-0.2, -0.15) is 18.3 Å². The Balaban J connectivity index is 1.53. The van der Waals surface area contributed by atoms with Gasteiger partial charge in [0.1, 0.15) is 11.5 Å². The van der Waals surface area contributed by atoms with Crippen LogP contribution in [0.2, 0.25) is 5.02 Å². The average molecular weight is 436 g/mol. The van der Waals surface area contributed by atoms with Crippen molar-refractivity contribution in [1.82, 2.24) is 5.43 Å². The number of nitrogens with zero attached hydrogens (tertiary/aromatic N) is 1. The Hall–Kier alpha value is -3.26. The molecule has 0 atom stereocenters. The molecule has 0 aliphatic carbocycles. The summed E-state index contributed by atoms with van der Waals surface area (Å²) in [6.45, 7) is 1.65. The van der Waals surface area contributed by atoms with E-state index < -0.39 is 17.6 Å². The molecular weight excluding hydrogens is 419 g/mol. The fourth-order valence-electron chi connectivity index (χ4n) is 2.52. The van der Waals surface area contributed by atoms with Crippen LogP contribution in [0.1, 0.15) is 16.9 Å². The summed E-state index contributed by atoms with van der Waals surface area (Å²) in [5.41, 5.74) is 3.42. The molecule has 1 amide bonds. The van der Waals surface area contributed by atoms with Gasteiger partial charge in [-0.15, -0.1) is 0 Å². The summed E-state index contributed by atoms with van der Waals surface area (Å²) >= 11 is 6.12. The maximum Gasteiger partial charge on any atom is 0.416 e. The third-order valence-corrected chi connectivity index (χ3v) is 4.51. The van der Waals surface area contributed by atoms with E-state index in [2.05, 4.69) is 15.8 Å². The quantitative estimate of drug-likeness (QED) is 0.397. The van der Waals surface area contributed by atoms with Crippen LogP contribution in [-0.4, -0.2) is 18.7 Å². The van der Waals surface area contributed by atoms with Crippen LogP contribution in [-0.2, 0) is 11.0 Å². The zero-order valence-electron chi connectivity index (χ0n) is 15.8. The number of hydrogen-bond donors (Lipinski definition) is 2. The Morgan fingerprint density at radius 2 is 1.97 bits per heavy atom. The lowest BCUT2D eigenvalue weighted by Gasteiger charge is -2.09. The predicted octanol–water partition coefficient (Wildman–Crippen LogP) is 5.49. The van der Waals surface area contributed by atoms with Crippen molar-refractivity contribution >= 4 is 29.4 Å². The molecule has 0 bridgehead atoms. The number of amides is 1. The number of aryl methyl sites for hydroxylation is 1. The molecule has 5 nitrogen and oxygen atoms in total. The van der Waals surface area contributed by atoms with Crippen LogP contribution in [0.5, 0.6) is 0 Å². The molecule has 0 fully saturated rings. The minimum absolute atomic E-state index is 0.177. The van der Waals surface area contributed by atoms with Gasteiger partial charge < -0.3 is 9.73 Å². The van der Waals surface area contributed by atoms with Crippen LogP contribution in [0, 0.1) is 6.92 Å². The summed E-state index contributed by atoms with van der Waals surface area (Å²) in [7, 11) is 0. The van der Waals surface area contributed by atoms with Gasteiger partial charge >= 0.3 is 6.18 Å². The number of hydrogen-bond acceptors (Lipinski definition) is 4. The molecule has 9 heteroatoms. The van der Waals surface area contributed by atoms with Gasteiger partial charge in [0, 0.05) is 16.3 Å². The van der Waals surface area contributed by atoms with Gasteiger partial charge in [0.2, 0.25) is 0 Å². The lowest BCUT2D eigenvalue weighted by atomic mass is 10.1. The highest BCUT2D eigenvalue weighted by atomic mass is 35.5. The minimum atomic E-state index is -4.45. The van der Waals surface area contributed by atoms with Crippen molar-refractivity contribution < 1.29 is 22.4 Å². The number of carbonyl (C=O) groups is 1. The van der Waals surface area contributed by atoms with Gasteiger partial charge in [-0.3, -0.25) is 4.79 Å². The number of benzene rings is 2. The summed E-state index contributed by atoms with van der Waals surface area (Å²) in [5.74, 6) is 0.476. The first-order valence-corrected chi connectivity index (χ1v) is 9.19. The average Bonchev–Trinajstić information content (AvgIpc) is 3.17. The Labute approximate surface area is 175 Å². The number of nitrogens with one attached hydrogen (secondary N) is 2. The molecule has 156 valence electrons. The number of furan rings is 1. The van der Waals surface area contributed by atoms with Crippen LogP contribution in [0.4, 0.5) is 18.9 Å². The van der Waals surface area contributed by atoms with Crippen LogP contribution >= 0.6 is 11.6 Å². The van der Waals surface area contributed by atoms with Gasteiger partial charge in [0.25, 0.3) is 5.91 Å². The molecule has 2 aromatic carbocycles. The molecule has 1 heterocycles. The Morgan fingerprint density at radius 3 is 2.70 bits per heavy atom. The van der Waals surface area contributed by atoms with E-state index in [-0.39, 0.29) is 12.2 Å². The van der Waals surface area contributed by atoms with Crippen molar-refractivity contribution in [1.29, 1.82) is 0 Å². The summed E-state index contributed by atoms with van der Waals surface area (Å²) in [6.07, 6.45) is -3.13. The maximum atomic E-state index is 12.7. The molecule has 3 aromatic rings. The molecule has 3 rings (SSSR count). The van der Waals surface area contributed by atoms with E-state index in [1.807, 2.05) is 19.1 Å². The lowest BCUT2D eigenvalue weighted by molar-refractivity contribution is -0.137. The summed E-state index contributed by atoms with van der Waals surface area (Å²) < 4.78 is 43.7. The molecule has 0 saturated carbocycles. The minimum Gasteiger partial charge on any atom is -0.455 e.